The van der Waals surface area contributed by atoms with E-state index in [2.05, 4.69) is 4.98 Å². The summed E-state index contributed by atoms with van der Waals surface area (Å²) in [5, 5.41) is 0. The van der Waals surface area contributed by atoms with Crippen LogP contribution in [0.3, 0.4) is 0 Å². The number of nitrogens with zero attached hydrogens (tertiary/aromatic N) is 2. The number of hydrogen-bond donors (Lipinski definition) is 2. The molecule has 1 heterocycles. The zero-order valence-corrected chi connectivity index (χ0v) is 19.8. The molecule has 0 aliphatic rings. The standard InChI is InChI=1S/C26H32N4O4/c1-3-4-17-29-24(27)23(25(32)28-26(29)33)30(18-20-14-8-9-15-21(20)34-2)22(31)16-10-13-19-11-6-5-7-12-19/h5-9,11-12,14-15H,3-4,10,13,16-18,27H2,1-2H3,(H,28,32,33). The van der Waals surface area contributed by atoms with Crippen LogP contribution in [0.25, 0.3) is 0 Å². The molecule has 0 bridgehead atoms. The van der Waals surface area contributed by atoms with Gasteiger partial charge in [0, 0.05) is 18.5 Å². The highest BCUT2D eigenvalue weighted by Crippen LogP contribution is 2.25. The van der Waals surface area contributed by atoms with Gasteiger partial charge in [-0.2, -0.15) is 0 Å². The van der Waals surface area contributed by atoms with Crippen molar-refractivity contribution < 1.29 is 9.53 Å². The number of unbranched alkanes of at least 4 members (excludes halogenated alkanes) is 1. The number of aromatic amines is 1. The van der Waals surface area contributed by atoms with Crippen LogP contribution in [0, 0.1) is 0 Å². The van der Waals surface area contributed by atoms with Crippen molar-refractivity contribution in [2.45, 2.75) is 52.1 Å². The minimum atomic E-state index is -0.679. The van der Waals surface area contributed by atoms with Crippen molar-refractivity contribution in [3.05, 3.63) is 86.6 Å². The zero-order chi connectivity index (χ0) is 24.5. The first-order valence-corrected chi connectivity index (χ1v) is 11.5. The molecule has 8 nitrogen and oxygen atoms in total. The summed E-state index contributed by atoms with van der Waals surface area (Å²) in [4.78, 5) is 42.5. The number of aryl methyl sites for hydroxylation is 1. The number of amides is 1. The van der Waals surface area contributed by atoms with E-state index in [1.807, 2.05) is 55.5 Å². The van der Waals surface area contributed by atoms with E-state index < -0.39 is 11.2 Å². The Labute approximate surface area is 199 Å². The van der Waals surface area contributed by atoms with Gasteiger partial charge in [0.25, 0.3) is 5.56 Å². The predicted molar refractivity (Wildman–Crippen MR) is 134 cm³/mol. The molecule has 0 saturated heterocycles. The molecule has 2 aromatic carbocycles. The molecule has 3 N–H and O–H groups in total. The van der Waals surface area contributed by atoms with Crippen LogP contribution < -0.4 is 26.6 Å². The van der Waals surface area contributed by atoms with Crippen LogP contribution in [0.4, 0.5) is 11.5 Å². The Morgan fingerprint density at radius 3 is 2.47 bits per heavy atom. The maximum Gasteiger partial charge on any atom is 0.330 e. The summed E-state index contributed by atoms with van der Waals surface area (Å²) in [6.07, 6.45) is 3.13. The van der Waals surface area contributed by atoms with E-state index >= 15 is 0 Å². The number of benzene rings is 2. The Balaban J connectivity index is 1.97. The molecule has 8 heteroatoms. The van der Waals surface area contributed by atoms with E-state index in [0.29, 0.717) is 25.1 Å². The van der Waals surface area contributed by atoms with Crippen molar-refractivity contribution in [2.75, 3.05) is 17.7 Å². The van der Waals surface area contributed by atoms with E-state index in [-0.39, 0.29) is 30.4 Å². The number of nitrogens with two attached hydrogens (primary N) is 1. The zero-order valence-electron chi connectivity index (χ0n) is 19.8. The fraction of sp³-hybridized carbons (Fsp3) is 0.346. The quantitative estimate of drug-likeness (QED) is 0.451. The van der Waals surface area contributed by atoms with Crippen molar-refractivity contribution in [2.24, 2.45) is 0 Å². The summed E-state index contributed by atoms with van der Waals surface area (Å²) >= 11 is 0. The Morgan fingerprint density at radius 2 is 1.76 bits per heavy atom. The smallest absolute Gasteiger partial charge is 0.330 e. The summed E-state index contributed by atoms with van der Waals surface area (Å²) in [5.41, 5.74) is 6.93. The first-order chi connectivity index (χ1) is 16.5. The molecule has 0 unspecified atom stereocenters. The highest BCUT2D eigenvalue weighted by molar-refractivity contribution is 5.95. The Kier molecular flexibility index (Phi) is 8.67. The molecule has 180 valence electrons. The topological polar surface area (TPSA) is 110 Å². The van der Waals surface area contributed by atoms with E-state index in [0.717, 1.165) is 24.0 Å². The summed E-state index contributed by atoms with van der Waals surface area (Å²) in [6, 6.07) is 17.2. The molecule has 1 amide bonds. The highest BCUT2D eigenvalue weighted by atomic mass is 16.5. The number of para-hydroxylation sites is 1. The number of aromatic nitrogens is 2. The Bertz CT molecular complexity index is 1220. The van der Waals surface area contributed by atoms with Gasteiger partial charge in [0.1, 0.15) is 11.6 Å². The number of H-pyrrole nitrogens is 1. The number of carbonyl (C=O) groups excluding carboxylic acids is 1. The van der Waals surface area contributed by atoms with Crippen LogP contribution in [-0.2, 0) is 24.3 Å². The van der Waals surface area contributed by atoms with Crippen LogP contribution in [0.2, 0.25) is 0 Å². The van der Waals surface area contributed by atoms with Crippen LogP contribution in [0.5, 0.6) is 5.75 Å². The van der Waals surface area contributed by atoms with E-state index in [9.17, 15) is 14.4 Å². The van der Waals surface area contributed by atoms with Gasteiger partial charge < -0.3 is 10.5 Å². The van der Waals surface area contributed by atoms with Crippen LogP contribution in [-0.4, -0.2) is 22.6 Å². The number of ether oxygens (including phenoxy) is 1. The summed E-state index contributed by atoms with van der Waals surface area (Å²) in [7, 11) is 1.55. The second-order valence-electron chi connectivity index (χ2n) is 8.13. The second kappa shape index (κ2) is 11.9. The van der Waals surface area contributed by atoms with Gasteiger partial charge in [0.15, 0.2) is 5.69 Å². The van der Waals surface area contributed by atoms with Crippen LogP contribution >= 0.6 is 0 Å². The third-order valence-electron chi connectivity index (χ3n) is 5.74. The molecule has 0 radical (unpaired) electrons. The first kappa shape index (κ1) is 24.8. The van der Waals surface area contributed by atoms with E-state index in [4.69, 9.17) is 10.5 Å². The molecule has 34 heavy (non-hydrogen) atoms. The molecule has 0 fully saturated rings. The Morgan fingerprint density at radius 1 is 1.06 bits per heavy atom. The lowest BCUT2D eigenvalue weighted by Crippen LogP contribution is -2.41. The van der Waals surface area contributed by atoms with Crippen LogP contribution in [0.1, 0.15) is 43.7 Å². The van der Waals surface area contributed by atoms with Crippen molar-refractivity contribution in [3.8, 4) is 5.75 Å². The number of anilines is 2. The number of nitrogens with one attached hydrogen (secondary N) is 1. The molecule has 0 aliphatic heterocycles. The third-order valence-corrected chi connectivity index (χ3v) is 5.74. The fourth-order valence-corrected chi connectivity index (χ4v) is 3.90. The predicted octanol–water partition coefficient (Wildman–Crippen LogP) is 3.48. The van der Waals surface area contributed by atoms with Gasteiger partial charge in [0.2, 0.25) is 5.91 Å². The van der Waals surface area contributed by atoms with Gasteiger partial charge in [0.05, 0.1) is 13.7 Å². The van der Waals surface area contributed by atoms with Gasteiger partial charge in [-0.05, 0) is 30.9 Å². The van der Waals surface area contributed by atoms with Crippen LogP contribution in [0.15, 0.2) is 64.2 Å². The lowest BCUT2D eigenvalue weighted by molar-refractivity contribution is -0.118. The molecular weight excluding hydrogens is 432 g/mol. The fourth-order valence-electron chi connectivity index (χ4n) is 3.90. The number of nitrogen functional groups attached to an aromatic ring is 1. The SMILES string of the molecule is CCCCn1c(N)c(N(Cc2ccccc2OC)C(=O)CCCc2ccccc2)c(=O)[nH]c1=O. The normalized spacial score (nSPS) is 10.8. The minimum Gasteiger partial charge on any atom is -0.496 e. The van der Waals surface area contributed by atoms with Gasteiger partial charge in [-0.3, -0.25) is 24.0 Å². The minimum absolute atomic E-state index is 0.00601. The highest BCUT2D eigenvalue weighted by Gasteiger charge is 2.25. The van der Waals surface area contributed by atoms with Gasteiger partial charge in [-0.1, -0.05) is 61.9 Å². The number of rotatable bonds is 11. The third kappa shape index (κ3) is 5.95. The van der Waals surface area contributed by atoms with Gasteiger partial charge in [-0.25, -0.2) is 4.79 Å². The lowest BCUT2D eigenvalue weighted by Gasteiger charge is -2.25. The van der Waals surface area contributed by atoms with Crippen molar-refractivity contribution in [1.82, 2.24) is 9.55 Å². The molecule has 0 saturated carbocycles. The number of hydrogen-bond acceptors (Lipinski definition) is 5. The second-order valence-corrected chi connectivity index (χ2v) is 8.13. The summed E-state index contributed by atoms with van der Waals surface area (Å²) in [6.45, 7) is 2.45. The first-order valence-electron chi connectivity index (χ1n) is 11.5. The van der Waals surface area contributed by atoms with E-state index in [1.54, 1.807) is 13.2 Å². The lowest BCUT2D eigenvalue weighted by atomic mass is 10.1. The monoisotopic (exact) mass is 464 g/mol. The van der Waals surface area contributed by atoms with Crippen molar-refractivity contribution in [3.63, 3.8) is 0 Å². The van der Waals surface area contributed by atoms with Gasteiger partial charge in [-0.15, -0.1) is 0 Å². The Hall–Kier alpha value is -3.81. The molecule has 3 aromatic rings. The molecular formula is C26H32N4O4. The molecule has 0 spiro atoms. The largest absolute Gasteiger partial charge is 0.496 e. The average Bonchev–Trinajstić information content (AvgIpc) is 2.84. The van der Waals surface area contributed by atoms with Gasteiger partial charge >= 0.3 is 5.69 Å². The molecule has 3 rings (SSSR count). The van der Waals surface area contributed by atoms with Crippen molar-refractivity contribution >= 4 is 17.4 Å². The molecule has 0 atom stereocenters. The van der Waals surface area contributed by atoms with Crippen molar-refractivity contribution in [1.29, 1.82) is 0 Å². The number of carbonyl (C=O) groups is 1. The van der Waals surface area contributed by atoms with E-state index in [1.165, 1.54) is 9.47 Å². The average molecular weight is 465 g/mol. The molecule has 1 aromatic heterocycles. The summed E-state index contributed by atoms with van der Waals surface area (Å²) in [5.74, 6) is 0.340. The maximum atomic E-state index is 13.4. The number of methoxy groups -OCH3 is 1. The summed E-state index contributed by atoms with van der Waals surface area (Å²) < 4.78 is 6.77. The maximum absolute atomic E-state index is 13.4. The molecule has 0 aliphatic carbocycles.